The van der Waals surface area contributed by atoms with Gasteiger partial charge in [0.15, 0.2) is 0 Å². The van der Waals surface area contributed by atoms with E-state index in [1.807, 2.05) is 0 Å². The van der Waals surface area contributed by atoms with Crippen LogP contribution < -0.4 is 0 Å². The predicted octanol–water partition coefficient (Wildman–Crippen LogP) is 2.99. The zero-order chi connectivity index (χ0) is 12.3. The molecule has 0 aromatic carbocycles. The van der Waals surface area contributed by atoms with Crippen molar-refractivity contribution in [2.45, 2.75) is 18.7 Å². The number of carbonyl (C=O) groups is 1. The second-order valence-corrected chi connectivity index (χ2v) is 4.39. The van der Waals surface area contributed by atoms with Gasteiger partial charge in [0.1, 0.15) is 5.69 Å². The number of hydrogen-bond acceptors (Lipinski definition) is 2. The van der Waals surface area contributed by atoms with Crippen LogP contribution in [0, 0.1) is 3.57 Å². The van der Waals surface area contributed by atoms with Crippen molar-refractivity contribution in [1.29, 1.82) is 0 Å². The Balaban J connectivity index is 3.22. The molecular weight excluding hydrogens is 354 g/mol. The van der Waals surface area contributed by atoms with Crippen LogP contribution in [0.1, 0.15) is 23.4 Å². The standard InChI is InChI=1S/C9H7ClF2INO2/c10-3-7-4(1-8(15)16)5(13)2-6(14-7)9(11)12/h2,9H,1,3H2,(H,15,16). The van der Waals surface area contributed by atoms with Crippen molar-refractivity contribution >= 4 is 40.2 Å². The third kappa shape index (κ3) is 3.24. The number of rotatable bonds is 4. The lowest BCUT2D eigenvalue weighted by atomic mass is 10.1. The van der Waals surface area contributed by atoms with Crippen LogP contribution in [-0.2, 0) is 17.1 Å². The Morgan fingerprint density at radius 2 is 2.25 bits per heavy atom. The lowest BCUT2D eigenvalue weighted by Crippen LogP contribution is -2.09. The zero-order valence-corrected chi connectivity index (χ0v) is 10.8. The molecule has 1 aromatic rings. The van der Waals surface area contributed by atoms with E-state index in [0.717, 1.165) is 0 Å². The Labute approximate surface area is 109 Å². The molecule has 1 N–H and O–H groups in total. The smallest absolute Gasteiger partial charge is 0.307 e. The molecule has 0 saturated carbocycles. The molecule has 0 atom stereocenters. The lowest BCUT2D eigenvalue weighted by molar-refractivity contribution is -0.136. The highest BCUT2D eigenvalue weighted by molar-refractivity contribution is 14.1. The number of carboxylic acid groups (broad SMARTS) is 1. The van der Waals surface area contributed by atoms with Crippen molar-refractivity contribution in [2.75, 3.05) is 0 Å². The maximum atomic E-state index is 12.4. The summed E-state index contributed by atoms with van der Waals surface area (Å²) in [5.41, 5.74) is 0.216. The summed E-state index contributed by atoms with van der Waals surface area (Å²) in [6.45, 7) is 0. The average Bonchev–Trinajstić information content (AvgIpc) is 2.19. The summed E-state index contributed by atoms with van der Waals surface area (Å²) in [6, 6.07) is 1.18. The van der Waals surface area contributed by atoms with Gasteiger partial charge in [-0.3, -0.25) is 9.78 Å². The molecule has 16 heavy (non-hydrogen) atoms. The van der Waals surface area contributed by atoms with Gasteiger partial charge < -0.3 is 5.11 Å². The predicted molar refractivity (Wildman–Crippen MR) is 62.8 cm³/mol. The third-order valence-corrected chi connectivity index (χ3v) is 3.07. The summed E-state index contributed by atoms with van der Waals surface area (Å²) in [4.78, 5) is 14.2. The minimum absolute atomic E-state index is 0.0842. The monoisotopic (exact) mass is 361 g/mol. The maximum absolute atomic E-state index is 12.4. The SMILES string of the molecule is O=C(O)Cc1c(I)cc(C(F)F)nc1CCl. The summed E-state index contributed by atoms with van der Waals surface area (Å²) >= 11 is 7.37. The number of carboxylic acids is 1. The Morgan fingerprint density at radius 1 is 1.62 bits per heavy atom. The fourth-order valence-electron chi connectivity index (χ4n) is 1.17. The van der Waals surface area contributed by atoms with Crippen LogP contribution in [0.25, 0.3) is 0 Å². The second kappa shape index (κ2) is 5.72. The van der Waals surface area contributed by atoms with E-state index in [-0.39, 0.29) is 23.7 Å². The van der Waals surface area contributed by atoms with E-state index in [2.05, 4.69) is 4.98 Å². The molecule has 0 saturated heterocycles. The van der Waals surface area contributed by atoms with E-state index in [1.54, 1.807) is 22.6 Å². The first kappa shape index (κ1) is 13.6. The number of aromatic nitrogens is 1. The largest absolute Gasteiger partial charge is 0.481 e. The molecule has 3 nitrogen and oxygen atoms in total. The topological polar surface area (TPSA) is 50.2 Å². The van der Waals surface area contributed by atoms with Gasteiger partial charge in [-0.25, -0.2) is 8.78 Å². The lowest BCUT2D eigenvalue weighted by Gasteiger charge is -2.09. The van der Waals surface area contributed by atoms with Crippen LogP contribution in [0.2, 0.25) is 0 Å². The Morgan fingerprint density at radius 3 is 2.69 bits per heavy atom. The minimum Gasteiger partial charge on any atom is -0.481 e. The molecular formula is C9H7ClF2INO2. The molecule has 0 amide bonds. The van der Waals surface area contributed by atoms with Gasteiger partial charge in [0.2, 0.25) is 0 Å². The normalized spacial score (nSPS) is 10.8. The highest BCUT2D eigenvalue weighted by atomic mass is 127. The molecule has 0 unspecified atom stereocenters. The molecule has 1 rings (SSSR count). The molecule has 1 aromatic heterocycles. The molecule has 0 aliphatic carbocycles. The highest BCUT2D eigenvalue weighted by Gasteiger charge is 2.17. The fourth-order valence-corrected chi connectivity index (χ4v) is 2.21. The van der Waals surface area contributed by atoms with E-state index in [9.17, 15) is 13.6 Å². The van der Waals surface area contributed by atoms with Crippen molar-refractivity contribution in [3.63, 3.8) is 0 Å². The third-order valence-electron chi connectivity index (χ3n) is 1.85. The van der Waals surface area contributed by atoms with Gasteiger partial charge in [-0.05, 0) is 34.2 Å². The molecule has 1 heterocycles. The molecule has 88 valence electrons. The van der Waals surface area contributed by atoms with Crippen LogP contribution in [0.3, 0.4) is 0 Å². The Kier molecular flexibility index (Phi) is 4.85. The van der Waals surface area contributed by atoms with Crippen LogP contribution in [0.4, 0.5) is 8.78 Å². The van der Waals surface area contributed by atoms with Crippen LogP contribution >= 0.6 is 34.2 Å². The summed E-state index contributed by atoms with van der Waals surface area (Å²) < 4.78 is 25.3. The van der Waals surface area contributed by atoms with Crippen molar-refractivity contribution in [3.8, 4) is 0 Å². The minimum atomic E-state index is -2.69. The number of alkyl halides is 3. The Hall–Kier alpha value is -0.500. The molecule has 0 radical (unpaired) electrons. The highest BCUT2D eigenvalue weighted by Crippen LogP contribution is 2.24. The first-order valence-electron chi connectivity index (χ1n) is 4.19. The number of pyridine rings is 1. The van der Waals surface area contributed by atoms with Crippen molar-refractivity contribution in [2.24, 2.45) is 0 Å². The van der Waals surface area contributed by atoms with Crippen molar-refractivity contribution in [3.05, 3.63) is 26.6 Å². The first-order chi connectivity index (χ1) is 7.45. The molecule has 7 heteroatoms. The van der Waals surface area contributed by atoms with Crippen molar-refractivity contribution < 1.29 is 18.7 Å². The van der Waals surface area contributed by atoms with Crippen molar-refractivity contribution in [1.82, 2.24) is 4.98 Å². The van der Waals surface area contributed by atoms with Gasteiger partial charge in [0.05, 0.1) is 18.0 Å². The molecule has 0 fully saturated rings. The number of nitrogens with zero attached hydrogens (tertiary/aromatic N) is 1. The number of halogens is 4. The van der Waals surface area contributed by atoms with E-state index < -0.39 is 12.4 Å². The van der Waals surface area contributed by atoms with E-state index in [1.165, 1.54) is 6.07 Å². The van der Waals surface area contributed by atoms with Crippen LogP contribution in [-0.4, -0.2) is 16.1 Å². The molecule has 0 aliphatic heterocycles. The van der Waals surface area contributed by atoms with E-state index >= 15 is 0 Å². The van der Waals surface area contributed by atoms with Crippen LogP contribution in [0.5, 0.6) is 0 Å². The van der Waals surface area contributed by atoms with Gasteiger partial charge in [0, 0.05) is 3.57 Å². The van der Waals surface area contributed by atoms with Gasteiger partial charge in [-0.15, -0.1) is 11.6 Å². The summed E-state index contributed by atoms with van der Waals surface area (Å²) in [7, 11) is 0. The summed E-state index contributed by atoms with van der Waals surface area (Å²) in [5, 5.41) is 8.67. The average molecular weight is 362 g/mol. The second-order valence-electron chi connectivity index (χ2n) is 2.96. The fraction of sp³-hybridized carbons (Fsp3) is 0.333. The summed E-state index contributed by atoms with van der Waals surface area (Å²) in [6.07, 6.45) is -2.95. The van der Waals surface area contributed by atoms with Crippen LogP contribution in [0.15, 0.2) is 6.07 Å². The zero-order valence-electron chi connectivity index (χ0n) is 7.88. The quantitative estimate of drug-likeness (QED) is 0.662. The molecule has 0 spiro atoms. The molecule has 0 aliphatic rings. The first-order valence-corrected chi connectivity index (χ1v) is 5.81. The van der Waals surface area contributed by atoms with Gasteiger partial charge >= 0.3 is 5.97 Å². The van der Waals surface area contributed by atoms with E-state index in [4.69, 9.17) is 16.7 Å². The van der Waals surface area contributed by atoms with Gasteiger partial charge in [0.25, 0.3) is 6.43 Å². The number of hydrogen-bond donors (Lipinski definition) is 1. The maximum Gasteiger partial charge on any atom is 0.307 e. The summed E-state index contributed by atoms with van der Waals surface area (Å²) in [5.74, 6) is -1.13. The van der Waals surface area contributed by atoms with Gasteiger partial charge in [-0.2, -0.15) is 0 Å². The van der Waals surface area contributed by atoms with E-state index in [0.29, 0.717) is 9.13 Å². The number of aliphatic carboxylic acids is 1. The Bertz CT molecular complexity index is 415. The molecule has 0 bridgehead atoms. The van der Waals surface area contributed by atoms with Gasteiger partial charge in [-0.1, -0.05) is 0 Å².